The Bertz CT molecular complexity index is 640. The van der Waals surface area contributed by atoms with Gasteiger partial charge in [-0.25, -0.2) is 9.37 Å². The number of halogens is 1. The third kappa shape index (κ3) is 2.47. The first-order valence-electron chi connectivity index (χ1n) is 6.13. The monoisotopic (exact) mass is 279 g/mol. The van der Waals surface area contributed by atoms with E-state index in [2.05, 4.69) is 4.98 Å². The Kier molecular flexibility index (Phi) is 3.97. The van der Waals surface area contributed by atoms with Crippen molar-refractivity contribution in [2.45, 2.75) is 19.8 Å². The normalized spacial score (nSPS) is 10.6. The van der Waals surface area contributed by atoms with Crippen molar-refractivity contribution in [1.29, 1.82) is 0 Å². The number of methoxy groups -OCH3 is 1. The fourth-order valence-corrected chi connectivity index (χ4v) is 1.99. The number of aryl methyl sites for hydroxylation is 1. The van der Waals surface area contributed by atoms with E-state index in [-0.39, 0.29) is 11.4 Å². The van der Waals surface area contributed by atoms with Crippen molar-refractivity contribution in [2.75, 3.05) is 7.11 Å². The maximum atomic E-state index is 14.1. The van der Waals surface area contributed by atoms with E-state index in [4.69, 9.17) is 4.74 Å². The van der Waals surface area contributed by atoms with E-state index in [1.54, 1.807) is 17.0 Å². The van der Waals surface area contributed by atoms with Crippen LogP contribution in [0.1, 0.15) is 19.2 Å². The summed E-state index contributed by atoms with van der Waals surface area (Å²) >= 11 is 0. The third-order valence-electron chi connectivity index (χ3n) is 2.90. The van der Waals surface area contributed by atoms with E-state index in [0.29, 0.717) is 12.2 Å². The average molecular weight is 279 g/mol. The number of nitro benzene ring substituents is 1. The molecule has 0 spiro atoms. The maximum Gasteiger partial charge on any atom is 0.313 e. The van der Waals surface area contributed by atoms with Gasteiger partial charge in [0.15, 0.2) is 11.6 Å². The molecule has 0 amide bonds. The third-order valence-corrected chi connectivity index (χ3v) is 2.90. The Hall–Kier alpha value is -2.44. The summed E-state index contributed by atoms with van der Waals surface area (Å²) in [7, 11) is 1.31. The van der Waals surface area contributed by atoms with Crippen LogP contribution in [0.5, 0.6) is 5.75 Å². The number of imidazole rings is 1. The van der Waals surface area contributed by atoms with E-state index < -0.39 is 16.4 Å². The average Bonchev–Trinajstić information content (AvgIpc) is 2.87. The molecule has 0 unspecified atom stereocenters. The molecule has 20 heavy (non-hydrogen) atoms. The van der Waals surface area contributed by atoms with Gasteiger partial charge in [-0.2, -0.15) is 0 Å². The Morgan fingerprint density at radius 1 is 1.50 bits per heavy atom. The first kappa shape index (κ1) is 14.0. The highest BCUT2D eigenvalue weighted by Crippen LogP contribution is 2.31. The van der Waals surface area contributed by atoms with Gasteiger partial charge in [0.05, 0.1) is 23.8 Å². The number of nitro groups is 1. The molecule has 0 N–H and O–H groups in total. The molecule has 1 aromatic heterocycles. The summed E-state index contributed by atoms with van der Waals surface area (Å²) in [4.78, 5) is 14.3. The number of nitrogens with zero attached hydrogens (tertiary/aromatic N) is 3. The summed E-state index contributed by atoms with van der Waals surface area (Å²) in [5, 5.41) is 10.8. The molecule has 0 bridgehead atoms. The number of hydrogen-bond donors (Lipinski definition) is 0. The summed E-state index contributed by atoms with van der Waals surface area (Å²) in [6.45, 7) is 1.99. The summed E-state index contributed by atoms with van der Waals surface area (Å²) in [5.74, 6) is 0.0257. The predicted octanol–water partition coefficient (Wildman–Crippen LogP) is 2.88. The highest BCUT2D eigenvalue weighted by molar-refractivity contribution is 5.54. The van der Waals surface area contributed by atoms with Gasteiger partial charge >= 0.3 is 5.69 Å². The number of aromatic nitrogens is 2. The van der Waals surface area contributed by atoms with Crippen LogP contribution in [-0.4, -0.2) is 21.6 Å². The van der Waals surface area contributed by atoms with Crippen LogP contribution in [0.25, 0.3) is 5.69 Å². The van der Waals surface area contributed by atoms with Gasteiger partial charge in [0.25, 0.3) is 0 Å². The van der Waals surface area contributed by atoms with Gasteiger partial charge < -0.3 is 9.30 Å². The molecule has 2 aromatic rings. The lowest BCUT2D eigenvalue weighted by Gasteiger charge is -2.10. The number of benzene rings is 1. The molecule has 0 atom stereocenters. The summed E-state index contributed by atoms with van der Waals surface area (Å²) in [6.07, 6.45) is 4.74. The van der Waals surface area contributed by atoms with E-state index in [1.165, 1.54) is 13.2 Å². The van der Waals surface area contributed by atoms with Gasteiger partial charge in [-0.1, -0.05) is 6.92 Å². The van der Waals surface area contributed by atoms with Crippen LogP contribution in [0, 0.1) is 15.9 Å². The molecule has 0 radical (unpaired) electrons. The van der Waals surface area contributed by atoms with Crippen molar-refractivity contribution >= 4 is 5.69 Å². The van der Waals surface area contributed by atoms with Crippen LogP contribution in [0.2, 0.25) is 0 Å². The Morgan fingerprint density at radius 2 is 2.25 bits per heavy atom. The molecule has 2 rings (SSSR count). The fourth-order valence-electron chi connectivity index (χ4n) is 1.99. The minimum atomic E-state index is -0.687. The number of ether oxygens (including phenoxy) is 1. The molecule has 1 aromatic carbocycles. The SMILES string of the molecule is CCCc1nccn1-c1cc(OC)c([N+](=O)[O-])cc1F. The molecule has 0 fully saturated rings. The Labute approximate surface area is 115 Å². The quantitative estimate of drug-likeness (QED) is 0.623. The van der Waals surface area contributed by atoms with Crippen LogP contribution >= 0.6 is 0 Å². The zero-order valence-corrected chi connectivity index (χ0v) is 11.2. The fraction of sp³-hybridized carbons (Fsp3) is 0.308. The van der Waals surface area contributed by atoms with E-state index >= 15 is 0 Å². The molecule has 0 saturated heterocycles. The second-order valence-corrected chi connectivity index (χ2v) is 4.20. The number of rotatable bonds is 5. The van der Waals surface area contributed by atoms with Crippen LogP contribution < -0.4 is 4.74 Å². The van der Waals surface area contributed by atoms with Gasteiger partial charge in [-0.05, 0) is 6.42 Å². The van der Waals surface area contributed by atoms with E-state index in [0.717, 1.165) is 12.5 Å². The maximum absolute atomic E-state index is 14.1. The van der Waals surface area contributed by atoms with Gasteiger partial charge in [-0.3, -0.25) is 10.1 Å². The Balaban J connectivity index is 2.57. The molecule has 0 aliphatic heterocycles. The predicted molar refractivity (Wildman–Crippen MR) is 70.7 cm³/mol. The standard InChI is InChI=1S/C13H14FN3O3/c1-3-4-13-15-5-6-16(13)10-8-12(20-2)11(17(18)19)7-9(10)14/h5-8H,3-4H2,1-2H3. The Morgan fingerprint density at radius 3 is 2.85 bits per heavy atom. The van der Waals surface area contributed by atoms with Crippen molar-refractivity contribution in [1.82, 2.24) is 9.55 Å². The van der Waals surface area contributed by atoms with Crippen LogP contribution in [0.15, 0.2) is 24.5 Å². The lowest BCUT2D eigenvalue weighted by molar-refractivity contribution is -0.385. The lowest BCUT2D eigenvalue weighted by atomic mass is 10.2. The lowest BCUT2D eigenvalue weighted by Crippen LogP contribution is -2.04. The van der Waals surface area contributed by atoms with Crippen molar-refractivity contribution < 1.29 is 14.1 Å². The highest BCUT2D eigenvalue weighted by atomic mass is 19.1. The van der Waals surface area contributed by atoms with Gasteiger partial charge in [0.2, 0.25) is 0 Å². The smallest absolute Gasteiger partial charge is 0.313 e. The zero-order valence-electron chi connectivity index (χ0n) is 11.2. The van der Waals surface area contributed by atoms with Crippen molar-refractivity contribution in [3.63, 3.8) is 0 Å². The van der Waals surface area contributed by atoms with Crippen molar-refractivity contribution in [2.24, 2.45) is 0 Å². The first-order valence-corrected chi connectivity index (χ1v) is 6.13. The van der Waals surface area contributed by atoms with Crippen LogP contribution in [0.3, 0.4) is 0 Å². The van der Waals surface area contributed by atoms with E-state index in [9.17, 15) is 14.5 Å². The summed E-state index contributed by atoms with van der Waals surface area (Å²) in [6, 6.07) is 2.18. The minimum absolute atomic E-state index is 0.0162. The first-order chi connectivity index (χ1) is 9.58. The summed E-state index contributed by atoms with van der Waals surface area (Å²) < 4.78 is 20.6. The highest BCUT2D eigenvalue weighted by Gasteiger charge is 2.20. The second kappa shape index (κ2) is 5.68. The van der Waals surface area contributed by atoms with Gasteiger partial charge in [0, 0.05) is 24.9 Å². The van der Waals surface area contributed by atoms with Crippen LogP contribution in [0.4, 0.5) is 10.1 Å². The number of hydrogen-bond acceptors (Lipinski definition) is 4. The largest absolute Gasteiger partial charge is 0.490 e. The van der Waals surface area contributed by atoms with Gasteiger partial charge in [0.1, 0.15) is 5.82 Å². The molecule has 6 nitrogen and oxygen atoms in total. The topological polar surface area (TPSA) is 70.2 Å². The molecule has 1 heterocycles. The van der Waals surface area contributed by atoms with E-state index in [1.807, 2.05) is 6.92 Å². The van der Waals surface area contributed by atoms with Crippen molar-refractivity contribution in [3.05, 3.63) is 46.3 Å². The van der Waals surface area contributed by atoms with Crippen molar-refractivity contribution in [3.8, 4) is 11.4 Å². The molecular formula is C13H14FN3O3. The molecular weight excluding hydrogens is 265 g/mol. The van der Waals surface area contributed by atoms with Crippen LogP contribution in [-0.2, 0) is 6.42 Å². The molecule has 0 aliphatic rings. The zero-order chi connectivity index (χ0) is 14.7. The van der Waals surface area contributed by atoms with Gasteiger partial charge in [-0.15, -0.1) is 0 Å². The molecule has 0 saturated carbocycles. The molecule has 0 aliphatic carbocycles. The summed E-state index contributed by atoms with van der Waals surface area (Å²) in [5.41, 5.74) is -0.209. The minimum Gasteiger partial charge on any atom is -0.490 e. The second-order valence-electron chi connectivity index (χ2n) is 4.20. The molecule has 7 heteroatoms. The molecule has 106 valence electrons.